The maximum Gasteiger partial charge on any atom is 0.311 e. The van der Waals surface area contributed by atoms with Gasteiger partial charge in [-0.15, -0.1) is 0 Å². The van der Waals surface area contributed by atoms with Crippen LogP contribution in [0.3, 0.4) is 0 Å². The van der Waals surface area contributed by atoms with Gasteiger partial charge in [0.2, 0.25) is 0 Å². The third kappa shape index (κ3) is 1.98. The minimum absolute atomic E-state index is 0.140. The van der Waals surface area contributed by atoms with Gasteiger partial charge in [-0.3, -0.25) is 9.79 Å². The summed E-state index contributed by atoms with van der Waals surface area (Å²) in [5.41, 5.74) is 0.635. The highest BCUT2D eigenvalue weighted by Crippen LogP contribution is 2.11. The first-order valence-corrected chi connectivity index (χ1v) is 4.65. The Hall–Kier alpha value is -1.85. The van der Waals surface area contributed by atoms with Gasteiger partial charge >= 0.3 is 5.97 Å². The molecule has 1 atom stereocenters. The maximum absolute atomic E-state index is 11.3. The van der Waals surface area contributed by atoms with Gasteiger partial charge in [-0.25, -0.2) is 15.0 Å². The summed E-state index contributed by atoms with van der Waals surface area (Å²) in [6, 6.07) is -0.292. The summed E-state index contributed by atoms with van der Waals surface area (Å²) in [7, 11) is 0. The number of hydrogen-bond acceptors (Lipinski definition) is 6. The van der Waals surface area contributed by atoms with E-state index in [1.165, 1.54) is 12.7 Å². The fourth-order valence-corrected chi connectivity index (χ4v) is 1.37. The number of carbonyl (C=O) groups excluding carboxylic acids is 1. The highest BCUT2D eigenvalue weighted by atomic mass is 16.5. The van der Waals surface area contributed by atoms with Crippen molar-refractivity contribution in [3.63, 3.8) is 0 Å². The molecule has 0 spiro atoms. The van der Waals surface area contributed by atoms with E-state index in [1.54, 1.807) is 6.92 Å². The van der Waals surface area contributed by atoms with Gasteiger partial charge in [-0.05, 0) is 6.92 Å². The van der Waals surface area contributed by atoms with Crippen LogP contribution in [0.25, 0.3) is 0 Å². The zero-order chi connectivity index (χ0) is 10.7. The van der Waals surface area contributed by atoms with Crippen molar-refractivity contribution in [1.82, 2.24) is 0 Å². The van der Waals surface area contributed by atoms with Gasteiger partial charge in [0.05, 0.1) is 18.7 Å². The molecule has 6 nitrogen and oxygen atoms in total. The summed E-state index contributed by atoms with van der Waals surface area (Å²) in [5, 5.41) is 0. The largest absolute Gasteiger partial charge is 0.466 e. The number of amidine groups is 1. The summed E-state index contributed by atoms with van der Waals surface area (Å²) >= 11 is 0. The van der Waals surface area contributed by atoms with E-state index in [-0.39, 0.29) is 18.4 Å². The van der Waals surface area contributed by atoms with Crippen molar-refractivity contribution >= 4 is 30.2 Å². The van der Waals surface area contributed by atoms with Crippen LogP contribution in [0, 0.1) is 0 Å². The molecule has 0 amide bonds. The maximum atomic E-state index is 11.3. The molecule has 6 heteroatoms. The predicted molar refractivity (Wildman–Crippen MR) is 56.9 cm³/mol. The minimum atomic E-state index is -0.298. The van der Waals surface area contributed by atoms with E-state index in [2.05, 4.69) is 20.0 Å². The summed E-state index contributed by atoms with van der Waals surface area (Å²) < 4.78 is 4.84. The van der Waals surface area contributed by atoms with E-state index in [9.17, 15) is 4.79 Å². The van der Waals surface area contributed by atoms with E-state index in [0.717, 1.165) is 0 Å². The van der Waals surface area contributed by atoms with Crippen molar-refractivity contribution in [2.75, 3.05) is 6.61 Å². The van der Waals surface area contributed by atoms with Crippen molar-refractivity contribution in [3.05, 3.63) is 0 Å². The Labute approximate surface area is 86.5 Å². The van der Waals surface area contributed by atoms with E-state index >= 15 is 0 Å². The topological polar surface area (TPSA) is 75.7 Å². The molecule has 0 bridgehead atoms. The Balaban J connectivity index is 2.06. The highest BCUT2D eigenvalue weighted by molar-refractivity contribution is 6.23. The summed E-state index contributed by atoms with van der Waals surface area (Å²) in [5.74, 6) is 0.289. The molecule has 0 aromatic carbocycles. The van der Waals surface area contributed by atoms with Crippen LogP contribution >= 0.6 is 0 Å². The second-order valence-corrected chi connectivity index (χ2v) is 3.00. The normalized spacial score (nSPS) is 22.1. The molecule has 78 valence electrons. The molecule has 0 aliphatic carbocycles. The van der Waals surface area contributed by atoms with Crippen molar-refractivity contribution in [3.8, 4) is 0 Å². The second-order valence-electron chi connectivity index (χ2n) is 3.00. The molecule has 0 N–H and O–H groups in total. The SMILES string of the molecule is CCOC(=O)CC1=NC=NC2=NC=NC12. The van der Waals surface area contributed by atoms with Crippen LogP contribution in [0.1, 0.15) is 13.3 Å². The first kappa shape index (κ1) is 9.70. The Morgan fingerprint density at radius 3 is 3.13 bits per heavy atom. The molecule has 0 saturated heterocycles. The third-order valence-electron chi connectivity index (χ3n) is 2.01. The van der Waals surface area contributed by atoms with Crippen molar-refractivity contribution < 1.29 is 9.53 Å². The lowest BCUT2D eigenvalue weighted by atomic mass is 10.1. The molecular formula is C9H10N4O2. The van der Waals surface area contributed by atoms with Gasteiger partial charge in [-0.1, -0.05) is 0 Å². The van der Waals surface area contributed by atoms with Crippen LogP contribution in [0.2, 0.25) is 0 Å². The van der Waals surface area contributed by atoms with Crippen LogP contribution < -0.4 is 0 Å². The second kappa shape index (κ2) is 4.12. The zero-order valence-corrected chi connectivity index (χ0v) is 8.25. The number of ether oxygens (including phenoxy) is 1. The van der Waals surface area contributed by atoms with Crippen LogP contribution in [0.5, 0.6) is 0 Å². The van der Waals surface area contributed by atoms with Gasteiger partial charge in [-0.2, -0.15) is 0 Å². The van der Waals surface area contributed by atoms with E-state index in [1.807, 2.05) is 0 Å². The first-order chi connectivity index (χ1) is 7.31. The highest BCUT2D eigenvalue weighted by Gasteiger charge is 2.27. The molecule has 2 rings (SSSR count). The number of hydrogen-bond donors (Lipinski definition) is 0. The number of esters is 1. The van der Waals surface area contributed by atoms with Crippen LogP contribution in [0.15, 0.2) is 20.0 Å². The van der Waals surface area contributed by atoms with Crippen molar-refractivity contribution in [2.45, 2.75) is 19.4 Å². The van der Waals surface area contributed by atoms with E-state index < -0.39 is 0 Å². The van der Waals surface area contributed by atoms with Gasteiger partial charge < -0.3 is 4.74 Å². The smallest absolute Gasteiger partial charge is 0.311 e. The zero-order valence-electron chi connectivity index (χ0n) is 8.25. The van der Waals surface area contributed by atoms with E-state index in [4.69, 9.17) is 4.74 Å². The van der Waals surface area contributed by atoms with Crippen LogP contribution in [0.4, 0.5) is 0 Å². The van der Waals surface area contributed by atoms with Gasteiger partial charge in [0.15, 0.2) is 5.84 Å². The molecule has 2 aliphatic rings. The molecule has 0 fully saturated rings. The van der Waals surface area contributed by atoms with Crippen LogP contribution in [-0.4, -0.2) is 42.8 Å². The lowest BCUT2D eigenvalue weighted by Gasteiger charge is -2.13. The minimum Gasteiger partial charge on any atom is -0.466 e. The lowest BCUT2D eigenvalue weighted by molar-refractivity contribution is -0.141. The Morgan fingerprint density at radius 1 is 1.47 bits per heavy atom. The molecule has 0 aromatic heterocycles. The van der Waals surface area contributed by atoms with Crippen LogP contribution in [-0.2, 0) is 9.53 Å². The van der Waals surface area contributed by atoms with Gasteiger partial charge in [0.1, 0.15) is 18.7 Å². The van der Waals surface area contributed by atoms with E-state index in [0.29, 0.717) is 18.2 Å². The van der Waals surface area contributed by atoms with Crippen molar-refractivity contribution in [2.24, 2.45) is 20.0 Å². The average molecular weight is 206 g/mol. The molecule has 15 heavy (non-hydrogen) atoms. The Morgan fingerprint density at radius 2 is 2.33 bits per heavy atom. The summed E-state index contributed by atoms with van der Waals surface area (Å²) in [6.07, 6.45) is 2.96. The summed E-state index contributed by atoms with van der Waals surface area (Å²) in [4.78, 5) is 27.3. The number of fused-ring (bicyclic) bond motifs is 1. The van der Waals surface area contributed by atoms with Gasteiger partial charge in [0, 0.05) is 0 Å². The lowest BCUT2D eigenvalue weighted by Crippen LogP contribution is -2.30. The Bertz CT molecular complexity index is 395. The third-order valence-corrected chi connectivity index (χ3v) is 2.01. The fraction of sp³-hybridized carbons (Fsp3) is 0.444. The van der Waals surface area contributed by atoms with Crippen molar-refractivity contribution in [1.29, 1.82) is 0 Å². The standard InChI is InChI=1S/C9H10N4O2/c1-2-15-7(14)3-6-8-9(12-4-10-6)13-5-11-8/h4-5,8H,2-3H2,1H3. The quantitative estimate of drug-likeness (QED) is 0.620. The monoisotopic (exact) mass is 206 g/mol. The molecule has 1 unspecified atom stereocenters. The number of aliphatic imine (C=N–C) groups is 4. The molecular weight excluding hydrogens is 196 g/mol. The van der Waals surface area contributed by atoms with Gasteiger partial charge in [0.25, 0.3) is 0 Å². The summed E-state index contributed by atoms with van der Waals surface area (Å²) in [6.45, 7) is 2.14. The number of rotatable bonds is 3. The first-order valence-electron chi connectivity index (χ1n) is 4.65. The predicted octanol–water partition coefficient (Wildman–Crippen LogP) is 0.232. The fourth-order valence-electron chi connectivity index (χ4n) is 1.37. The average Bonchev–Trinajstić information content (AvgIpc) is 2.67. The molecule has 0 radical (unpaired) electrons. The molecule has 0 aromatic rings. The number of carbonyl (C=O) groups is 1. The number of nitrogens with zero attached hydrogens (tertiary/aromatic N) is 4. The molecule has 2 heterocycles. The molecule has 2 aliphatic heterocycles. The Kier molecular flexibility index (Phi) is 2.66. The molecule has 0 saturated carbocycles.